The van der Waals surface area contributed by atoms with E-state index in [9.17, 15) is 4.48 Å². The Morgan fingerprint density at radius 2 is 2.17 bits per heavy atom. The summed E-state index contributed by atoms with van der Waals surface area (Å²) in [6, 6.07) is 7.22. The lowest BCUT2D eigenvalue weighted by Crippen LogP contribution is -2.11. The van der Waals surface area contributed by atoms with Gasteiger partial charge in [-0.3, -0.25) is 0 Å². The molecule has 1 aromatic carbocycles. The quantitative estimate of drug-likeness (QED) is 0.794. The number of halogens is 1. The lowest BCUT2D eigenvalue weighted by atomic mass is 10.2. The summed E-state index contributed by atoms with van der Waals surface area (Å²) in [5, 5.41) is 2.21. The van der Waals surface area contributed by atoms with Crippen LogP contribution in [0.25, 0.3) is 11.3 Å². The lowest BCUT2D eigenvalue weighted by molar-refractivity contribution is 0.0475. The molecular formula is C12H9FN2O2S. The van der Waals surface area contributed by atoms with Crippen molar-refractivity contribution in [2.45, 2.75) is 0 Å². The third kappa shape index (κ3) is 2.19. The van der Waals surface area contributed by atoms with Crippen LogP contribution in [0.3, 0.4) is 0 Å². The molecule has 92 valence electrons. The molecule has 1 aliphatic rings. The van der Waals surface area contributed by atoms with Gasteiger partial charge in [0.2, 0.25) is 5.88 Å². The zero-order valence-corrected chi connectivity index (χ0v) is 10.1. The van der Waals surface area contributed by atoms with E-state index in [2.05, 4.69) is 4.98 Å². The molecule has 0 bridgehead atoms. The first kappa shape index (κ1) is 11.2. The zero-order valence-electron chi connectivity index (χ0n) is 9.25. The molecule has 0 spiro atoms. The SMILES string of the molecule is FN1CSC=C1Oc1ccc(-c2cocn2)cc1. The molecule has 0 saturated carbocycles. The van der Waals surface area contributed by atoms with E-state index in [4.69, 9.17) is 9.15 Å². The maximum atomic E-state index is 13.2. The molecule has 1 aliphatic heterocycles. The normalized spacial score (nSPS) is 14.7. The summed E-state index contributed by atoms with van der Waals surface area (Å²) in [6.45, 7) is 0. The van der Waals surface area contributed by atoms with Gasteiger partial charge in [0.1, 0.15) is 23.6 Å². The highest BCUT2D eigenvalue weighted by atomic mass is 32.2. The molecule has 4 nitrogen and oxygen atoms in total. The van der Waals surface area contributed by atoms with Gasteiger partial charge in [-0.15, -0.1) is 11.8 Å². The second-order valence-corrected chi connectivity index (χ2v) is 4.44. The van der Waals surface area contributed by atoms with Crippen molar-refractivity contribution in [2.24, 2.45) is 0 Å². The molecule has 6 heteroatoms. The number of aromatic nitrogens is 1. The smallest absolute Gasteiger partial charge is 0.230 e. The Balaban J connectivity index is 1.75. The monoisotopic (exact) mass is 264 g/mol. The Bertz CT molecular complexity index is 554. The van der Waals surface area contributed by atoms with Gasteiger partial charge in [-0.2, -0.15) is 5.12 Å². The molecule has 0 unspecified atom stereocenters. The van der Waals surface area contributed by atoms with E-state index in [1.165, 1.54) is 18.2 Å². The molecule has 2 heterocycles. The topological polar surface area (TPSA) is 38.5 Å². The maximum absolute atomic E-state index is 13.2. The van der Waals surface area contributed by atoms with Crippen LogP contribution in [-0.4, -0.2) is 16.0 Å². The van der Waals surface area contributed by atoms with Crippen LogP contribution >= 0.6 is 11.8 Å². The highest BCUT2D eigenvalue weighted by Crippen LogP contribution is 2.27. The first-order valence-corrected chi connectivity index (χ1v) is 6.29. The number of hydrogen-bond donors (Lipinski definition) is 0. The van der Waals surface area contributed by atoms with Gasteiger partial charge in [-0.25, -0.2) is 4.98 Å². The van der Waals surface area contributed by atoms with Gasteiger partial charge >= 0.3 is 0 Å². The van der Waals surface area contributed by atoms with E-state index in [0.29, 0.717) is 10.9 Å². The first-order chi connectivity index (χ1) is 8.83. The molecule has 0 saturated heterocycles. The highest BCUT2D eigenvalue weighted by molar-refractivity contribution is 8.02. The van der Waals surface area contributed by atoms with Gasteiger partial charge < -0.3 is 9.15 Å². The number of benzene rings is 1. The van der Waals surface area contributed by atoms with Crippen molar-refractivity contribution in [1.29, 1.82) is 0 Å². The number of hydrogen-bond acceptors (Lipinski definition) is 5. The number of ether oxygens (including phenoxy) is 1. The Morgan fingerprint density at radius 1 is 1.33 bits per heavy atom. The predicted molar refractivity (Wildman–Crippen MR) is 66.1 cm³/mol. The van der Waals surface area contributed by atoms with Crippen LogP contribution in [0, 0.1) is 0 Å². The maximum Gasteiger partial charge on any atom is 0.230 e. The van der Waals surface area contributed by atoms with Gasteiger partial charge in [0.05, 0.1) is 0 Å². The van der Waals surface area contributed by atoms with Crippen molar-refractivity contribution in [1.82, 2.24) is 10.1 Å². The summed E-state index contributed by atoms with van der Waals surface area (Å²) in [5.41, 5.74) is 1.67. The minimum atomic E-state index is 0.217. The van der Waals surface area contributed by atoms with Crippen molar-refractivity contribution in [2.75, 3.05) is 5.88 Å². The number of rotatable bonds is 3. The van der Waals surface area contributed by atoms with Crippen molar-refractivity contribution < 1.29 is 13.6 Å². The second-order valence-electron chi connectivity index (χ2n) is 3.61. The Morgan fingerprint density at radius 3 is 2.78 bits per heavy atom. The Kier molecular flexibility index (Phi) is 2.93. The van der Waals surface area contributed by atoms with Gasteiger partial charge in [-0.1, -0.05) is 4.48 Å². The summed E-state index contributed by atoms with van der Waals surface area (Å²) < 4.78 is 23.5. The highest BCUT2D eigenvalue weighted by Gasteiger charge is 2.17. The van der Waals surface area contributed by atoms with E-state index in [-0.39, 0.29) is 11.8 Å². The molecule has 1 aromatic heterocycles. The molecule has 0 fully saturated rings. The number of nitrogens with zero attached hydrogens (tertiary/aromatic N) is 2. The third-order valence-corrected chi connectivity index (χ3v) is 3.16. The van der Waals surface area contributed by atoms with E-state index in [1.807, 2.05) is 12.1 Å². The third-order valence-electron chi connectivity index (χ3n) is 2.42. The fraction of sp³-hybridized carbons (Fsp3) is 0.0833. The molecule has 0 N–H and O–H groups in total. The van der Waals surface area contributed by atoms with Crippen LogP contribution in [0.2, 0.25) is 0 Å². The summed E-state index contributed by atoms with van der Waals surface area (Å²) in [5.74, 6) is 1.07. The van der Waals surface area contributed by atoms with Crippen LogP contribution in [0.5, 0.6) is 5.75 Å². The van der Waals surface area contributed by atoms with Gasteiger partial charge in [0.25, 0.3) is 0 Å². The van der Waals surface area contributed by atoms with Gasteiger partial charge in [0, 0.05) is 11.0 Å². The Labute approximate surface area is 107 Å². The van der Waals surface area contributed by atoms with Crippen LogP contribution < -0.4 is 4.74 Å². The predicted octanol–water partition coefficient (Wildman–Crippen LogP) is 3.41. The van der Waals surface area contributed by atoms with E-state index in [1.54, 1.807) is 23.8 Å². The van der Waals surface area contributed by atoms with Crippen molar-refractivity contribution in [3.63, 3.8) is 0 Å². The Hall–Kier alpha value is -1.95. The van der Waals surface area contributed by atoms with Crippen molar-refractivity contribution in [3.8, 4) is 17.0 Å². The average Bonchev–Trinajstić information content (AvgIpc) is 3.03. The molecule has 0 aliphatic carbocycles. The fourth-order valence-corrected chi connectivity index (χ4v) is 2.18. The molecule has 0 amide bonds. The fourth-order valence-electron chi connectivity index (χ4n) is 1.54. The van der Waals surface area contributed by atoms with Gasteiger partial charge in [-0.05, 0) is 24.3 Å². The van der Waals surface area contributed by atoms with Crippen LogP contribution in [0.15, 0.2) is 52.6 Å². The molecule has 0 atom stereocenters. The van der Waals surface area contributed by atoms with Gasteiger partial charge in [0.15, 0.2) is 6.39 Å². The molecular weight excluding hydrogens is 255 g/mol. The summed E-state index contributed by atoms with van der Waals surface area (Å²) >= 11 is 1.35. The van der Waals surface area contributed by atoms with Crippen LogP contribution in [-0.2, 0) is 0 Å². The molecule has 0 radical (unpaired) electrons. The van der Waals surface area contributed by atoms with E-state index >= 15 is 0 Å². The van der Waals surface area contributed by atoms with Crippen molar-refractivity contribution in [3.05, 3.63) is 48.2 Å². The molecule has 3 rings (SSSR count). The molecule has 2 aromatic rings. The summed E-state index contributed by atoms with van der Waals surface area (Å²) in [6.07, 6.45) is 2.94. The number of oxazole rings is 1. The number of thioether (sulfide) groups is 1. The van der Waals surface area contributed by atoms with E-state index < -0.39 is 0 Å². The lowest BCUT2D eigenvalue weighted by Gasteiger charge is -2.11. The average molecular weight is 264 g/mol. The second kappa shape index (κ2) is 4.73. The zero-order chi connectivity index (χ0) is 12.4. The summed E-state index contributed by atoms with van der Waals surface area (Å²) in [4.78, 5) is 4.04. The van der Waals surface area contributed by atoms with Crippen LogP contribution in [0.4, 0.5) is 4.48 Å². The standard InChI is InChI=1S/C12H9FN2O2S/c13-15-8-18-6-12(15)17-10-3-1-9(2-4-10)11-5-16-7-14-11/h1-7H,8H2. The minimum absolute atomic E-state index is 0.217. The van der Waals surface area contributed by atoms with Crippen molar-refractivity contribution >= 4 is 11.8 Å². The first-order valence-electron chi connectivity index (χ1n) is 5.24. The van der Waals surface area contributed by atoms with Crippen LogP contribution in [0.1, 0.15) is 0 Å². The minimum Gasteiger partial charge on any atom is -0.451 e. The molecule has 18 heavy (non-hydrogen) atoms. The van der Waals surface area contributed by atoms with E-state index in [0.717, 1.165) is 11.3 Å². The summed E-state index contributed by atoms with van der Waals surface area (Å²) in [7, 11) is 0. The largest absolute Gasteiger partial charge is 0.451 e.